The minimum Gasteiger partial charge on any atom is -0.507 e. The molecule has 8 heteroatoms. The summed E-state index contributed by atoms with van der Waals surface area (Å²) in [6.07, 6.45) is 15.6. The van der Waals surface area contributed by atoms with E-state index < -0.39 is 0 Å². The average molecular weight is 646 g/mol. The van der Waals surface area contributed by atoms with Crippen LogP contribution in [0.2, 0.25) is 0 Å². The van der Waals surface area contributed by atoms with Crippen molar-refractivity contribution < 1.29 is 54.3 Å². The van der Waals surface area contributed by atoms with Gasteiger partial charge in [-0.15, -0.1) is 0 Å². The van der Waals surface area contributed by atoms with E-state index in [1.807, 2.05) is 81.4 Å². The summed E-state index contributed by atoms with van der Waals surface area (Å²) in [7, 11) is 0. The topological polar surface area (TPSA) is 93.4 Å². The van der Waals surface area contributed by atoms with Gasteiger partial charge >= 0.3 is 17.1 Å². The van der Waals surface area contributed by atoms with Crippen LogP contribution in [0.15, 0.2) is 149 Å². The number of hydrazone groups is 1. The number of phenols is 1. The quantitative estimate of drug-likeness (QED) is 0.0659. The molecular formula is C34H34Fe2N2O4. The number of allylic oxidation sites excluding steroid dienone is 10. The summed E-state index contributed by atoms with van der Waals surface area (Å²) in [6.45, 7) is 5.97. The fourth-order valence-electron chi connectivity index (χ4n) is 3.56. The average Bonchev–Trinajstić information content (AvgIpc) is 3.76. The van der Waals surface area contributed by atoms with Gasteiger partial charge in [0, 0.05) is 33.8 Å². The molecule has 0 heterocycles. The van der Waals surface area contributed by atoms with Crippen LogP contribution in [-0.4, -0.2) is 32.8 Å². The standard InChI is InChI=1S/C24H24N2O4.2C5H5.2Fe/c1-24(2,3)20-12-18(21(28)19(13-20)15-27)14-25-26(22(29)16-8-4-5-9-16)23(30)17-10-6-7-11-17;2*1-2-4-5-3-1;;/h4-15,28-30H,1-3H3;2*1-5H;;/q;2*-1;;+2. The van der Waals surface area contributed by atoms with Gasteiger partial charge in [-0.25, -0.2) is 24.3 Å². The first-order valence-corrected chi connectivity index (χ1v) is 12.8. The Labute approximate surface area is 268 Å². The van der Waals surface area contributed by atoms with Crippen molar-refractivity contribution in [3.8, 4) is 5.75 Å². The van der Waals surface area contributed by atoms with Crippen LogP contribution in [0.4, 0.5) is 0 Å². The zero-order valence-electron chi connectivity index (χ0n) is 23.6. The first-order valence-electron chi connectivity index (χ1n) is 12.8. The molecule has 0 unspecified atom stereocenters. The van der Waals surface area contributed by atoms with Crippen molar-refractivity contribution in [2.75, 3.05) is 0 Å². The Balaban J connectivity index is 0.000000617. The van der Waals surface area contributed by atoms with Crippen molar-refractivity contribution >= 4 is 12.5 Å². The van der Waals surface area contributed by atoms with Gasteiger partial charge in [0.15, 0.2) is 6.29 Å². The first-order chi connectivity index (χ1) is 19.2. The molecule has 0 saturated heterocycles. The Morgan fingerprint density at radius 1 is 0.786 bits per heavy atom. The number of hydrogen-bond donors (Lipinski definition) is 3. The van der Waals surface area contributed by atoms with Crippen LogP contribution >= 0.6 is 0 Å². The Bertz CT molecular complexity index is 1340. The number of benzene rings is 1. The van der Waals surface area contributed by atoms with Crippen molar-refractivity contribution in [2.24, 2.45) is 5.10 Å². The Hall–Kier alpha value is -4.06. The predicted molar refractivity (Wildman–Crippen MR) is 162 cm³/mol. The van der Waals surface area contributed by atoms with E-state index in [2.05, 4.69) is 5.10 Å². The summed E-state index contributed by atoms with van der Waals surface area (Å²) >= 11 is 0. The second kappa shape index (κ2) is 17.7. The molecule has 3 aromatic carbocycles. The molecule has 0 aromatic heterocycles. The van der Waals surface area contributed by atoms with Gasteiger partial charge in [0.25, 0.3) is 0 Å². The molecule has 0 fully saturated rings. The molecule has 6 nitrogen and oxygen atoms in total. The molecule has 0 spiro atoms. The van der Waals surface area contributed by atoms with Crippen molar-refractivity contribution in [1.29, 1.82) is 0 Å². The van der Waals surface area contributed by atoms with Crippen LogP contribution < -0.4 is 0 Å². The summed E-state index contributed by atoms with van der Waals surface area (Å²) in [4.78, 5) is 11.4. The van der Waals surface area contributed by atoms with E-state index in [4.69, 9.17) is 0 Å². The second-order valence-corrected chi connectivity index (χ2v) is 9.85. The summed E-state index contributed by atoms with van der Waals surface area (Å²) in [5, 5.41) is 37.1. The van der Waals surface area contributed by atoms with E-state index >= 15 is 0 Å². The summed E-state index contributed by atoms with van der Waals surface area (Å²) in [5.74, 6) is -0.781. The molecule has 0 aliphatic heterocycles. The molecule has 0 amide bonds. The molecule has 0 atom stereocenters. The SMILES string of the molecule is CC(C)(C)c1cc(C=O)c(O)c(C=NN(C(O)=C2C=CC=C2)C(O)=C2C=CC=C2)c1.[Fe+2].[Fe].c1cc[cH-]c1.c1cc[cH-]c1. The molecule has 3 N–H and O–H groups in total. The van der Waals surface area contributed by atoms with E-state index in [9.17, 15) is 20.1 Å². The fraction of sp³-hybridized carbons (Fsp3) is 0.118. The van der Waals surface area contributed by atoms with Crippen molar-refractivity contribution in [3.05, 3.63) is 161 Å². The Kier molecular flexibility index (Phi) is 15.1. The summed E-state index contributed by atoms with van der Waals surface area (Å²) < 4.78 is 0. The number of nitrogens with zero attached hydrogens (tertiary/aromatic N) is 2. The van der Waals surface area contributed by atoms with E-state index in [1.165, 1.54) is 6.21 Å². The molecule has 42 heavy (non-hydrogen) atoms. The summed E-state index contributed by atoms with van der Waals surface area (Å²) in [5.41, 5.74) is 1.94. The van der Waals surface area contributed by atoms with E-state index in [0.717, 1.165) is 10.6 Å². The van der Waals surface area contributed by atoms with Crippen LogP contribution in [0.5, 0.6) is 5.75 Å². The van der Waals surface area contributed by atoms with E-state index in [1.54, 1.807) is 60.7 Å². The van der Waals surface area contributed by atoms with Crippen molar-refractivity contribution in [1.82, 2.24) is 5.01 Å². The van der Waals surface area contributed by atoms with Crippen LogP contribution in [0, 0.1) is 0 Å². The van der Waals surface area contributed by atoms with Crippen LogP contribution in [0.1, 0.15) is 42.3 Å². The largest absolute Gasteiger partial charge is 2.00 e. The molecule has 0 saturated carbocycles. The number of aldehydes is 1. The Morgan fingerprint density at radius 3 is 1.52 bits per heavy atom. The number of aromatic hydroxyl groups is 1. The number of carbonyl (C=O) groups excluding carboxylic acids is 1. The van der Waals surface area contributed by atoms with Gasteiger partial charge < -0.3 is 15.3 Å². The third-order valence-electron chi connectivity index (χ3n) is 5.83. The second-order valence-electron chi connectivity index (χ2n) is 9.85. The maximum atomic E-state index is 11.4. The zero-order chi connectivity index (χ0) is 29.0. The minimum absolute atomic E-state index is 0. The predicted octanol–water partition coefficient (Wildman–Crippen LogP) is 7.74. The number of carbonyl (C=O) groups is 1. The molecular weight excluding hydrogens is 612 g/mol. The molecule has 2 aliphatic rings. The molecule has 3 aromatic rings. The number of phenolic OH excluding ortho intramolecular Hbond substituents is 1. The first kappa shape index (κ1) is 36.0. The number of aliphatic hydroxyl groups excluding tert-OH is 2. The third kappa shape index (κ3) is 10.4. The third-order valence-corrected chi connectivity index (χ3v) is 5.83. The van der Waals surface area contributed by atoms with Crippen LogP contribution in [0.25, 0.3) is 0 Å². The van der Waals surface area contributed by atoms with E-state index in [-0.39, 0.29) is 62.6 Å². The van der Waals surface area contributed by atoms with Crippen LogP contribution in [-0.2, 0) is 39.6 Å². The normalized spacial score (nSPS) is 12.5. The van der Waals surface area contributed by atoms with Gasteiger partial charge in [0.2, 0.25) is 11.8 Å². The van der Waals surface area contributed by atoms with Gasteiger partial charge in [-0.2, -0.15) is 46.5 Å². The summed E-state index contributed by atoms with van der Waals surface area (Å²) in [6, 6.07) is 23.4. The maximum absolute atomic E-state index is 11.4. The number of rotatable bonds is 5. The van der Waals surface area contributed by atoms with Gasteiger partial charge in [-0.05, 0) is 47.4 Å². The molecule has 0 radical (unpaired) electrons. The smallest absolute Gasteiger partial charge is 0.507 e. The Morgan fingerprint density at radius 2 is 1.19 bits per heavy atom. The van der Waals surface area contributed by atoms with E-state index in [0.29, 0.717) is 23.0 Å². The number of aliphatic hydroxyl groups is 2. The van der Waals surface area contributed by atoms with Gasteiger partial charge in [0.05, 0.1) is 11.8 Å². The minimum atomic E-state index is -0.281. The molecule has 0 bridgehead atoms. The fourth-order valence-corrected chi connectivity index (χ4v) is 3.56. The van der Waals surface area contributed by atoms with Crippen molar-refractivity contribution in [3.63, 3.8) is 0 Å². The molecule has 2 aliphatic carbocycles. The molecule has 5 rings (SSSR count). The van der Waals surface area contributed by atoms with Crippen LogP contribution in [0.3, 0.4) is 0 Å². The van der Waals surface area contributed by atoms with Gasteiger partial charge in [0.1, 0.15) is 5.75 Å². The van der Waals surface area contributed by atoms with Gasteiger partial charge in [-0.3, -0.25) is 4.79 Å². The number of hydrogen-bond acceptors (Lipinski definition) is 6. The maximum Gasteiger partial charge on any atom is 2.00 e. The van der Waals surface area contributed by atoms with Gasteiger partial charge in [-0.1, -0.05) is 45.1 Å². The zero-order valence-corrected chi connectivity index (χ0v) is 25.8. The monoisotopic (exact) mass is 646 g/mol. The van der Waals surface area contributed by atoms with Crippen molar-refractivity contribution in [2.45, 2.75) is 26.2 Å². The molecule has 220 valence electrons.